The summed E-state index contributed by atoms with van der Waals surface area (Å²) in [5, 5.41) is 1.22. The molecule has 0 spiro atoms. The van der Waals surface area contributed by atoms with E-state index in [0.717, 1.165) is 17.8 Å². The van der Waals surface area contributed by atoms with E-state index < -0.39 is 0 Å². The Kier molecular flexibility index (Phi) is 2.64. The summed E-state index contributed by atoms with van der Waals surface area (Å²) in [6.07, 6.45) is 2.10. The van der Waals surface area contributed by atoms with Crippen molar-refractivity contribution < 1.29 is 4.74 Å². The molecule has 2 N–H and O–H groups in total. The minimum Gasteiger partial charge on any atom is -0.399 e. The number of fused-ring (bicyclic) bond motifs is 1. The molecule has 0 fully saturated rings. The molecule has 15 heavy (non-hydrogen) atoms. The maximum Gasteiger partial charge on any atom is 0.0737 e. The highest BCUT2D eigenvalue weighted by atomic mass is 16.5. The van der Waals surface area contributed by atoms with Gasteiger partial charge in [-0.15, -0.1) is 0 Å². The first-order valence-electron chi connectivity index (χ1n) is 5.13. The maximum atomic E-state index is 5.76. The standard InChI is InChI=1S/C12H16N2O/c1-3-15-8-9-7-14(2)12-6-10(13)4-5-11(9)12/h4-7H,3,8,13H2,1-2H3. The van der Waals surface area contributed by atoms with Gasteiger partial charge in [-0.1, -0.05) is 6.07 Å². The minimum absolute atomic E-state index is 0.664. The lowest BCUT2D eigenvalue weighted by atomic mass is 10.2. The molecular formula is C12H16N2O. The van der Waals surface area contributed by atoms with Crippen molar-refractivity contribution in [3.8, 4) is 0 Å². The van der Waals surface area contributed by atoms with Gasteiger partial charge in [-0.2, -0.15) is 0 Å². The number of benzene rings is 1. The molecule has 0 amide bonds. The Morgan fingerprint density at radius 1 is 1.40 bits per heavy atom. The van der Waals surface area contributed by atoms with Crippen LogP contribution in [0, 0.1) is 0 Å². The van der Waals surface area contributed by atoms with E-state index in [0.29, 0.717) is 6.61 Å². The van der Waals surface area contributed by atoms with Gasteiger partial charge in [-0.05, 0) is 19.1 Å². The van der Waals surface area contributed by atoms with E-state index in [4.69, 9.17) is 10.5 Å². The lowest BCUT2D eigenvalue weighted by Crippen LogP contribution is -1.90. The van der Waals surface area contributed by atoms with Gasteiger partial charge in [-0.3, -0.25) is 0 Å². The third-order valence-electron chi connectivity index (χ3n) is 2.56. The second kappa shape index (κ2) is 3.95. The van der Waals surface area contributed by atoms with Gasteiger partial charge >= 0.3 is 0 Å². The molecule has 0 radical (unpaired) electrons. The van der Waals surface area contributed by atoms with E-state index in [9.17, 15) is 0 Å². The highest BCUT2D eigenvalue weighted by Crippen LogP contribution is 2.23. The first kappa shape index (κ1) is 10.1. The molecule has 1 aromatic heterocycles. The summed E-state index contributed by atoms with van der Waals surface area (Å²) < 4.78 is 7.51. The molecule has 3 heteroatoms. The number of hydrogen-bond acceptors (Lipinski definition) is 2. The second-order valence-corrected chi connectivity index (χ2v) is 3.68. The predicted molar refractivity (Wildman–Crippen MR) is 62.7 cm³/mol. The van der Waals surface area contributed by atoms with E-state index in [2.05, 4.69) is 16.8 Å². The van der Waals surface area contributed by atoms with Crippen molar-refractivity contribution in [1.82, 2.24) is 4.57 Å². The van der Waals surface area contributed by atoms with E-state index >= 15 is 0 Å². The topological polar surface area (TPSA) is 40.2 Å². The molecule has 1 heterocycles. The fourth-order valence-corrected chi connectivity index (χ4v) is 1.81. The molecule has 0 saturated heterocycles. The molecule has 2 aromatic rings. The van der Waals surface area contributed by atoms with Crippen LogP contribution in [-0.4, -0.2) is 11.2 Å². The van der Waals surface area contributed by atoms with Crippen LogP contribution < -0.4 is 5.73 Å². The number of ether oxygens (including phenoxy) is 1. The van der Waals surface area contributed by atoms with Crippen LogP contribution in [-0.2, 0) is 18.4 Å². The summed E-state index contributed by atoms with van der Waals surface area (Å²) in [4.78, 5) is 0. The summed E-state index contributed by atoms with van der Waals surface area (Å²) in [6, 6.07) is 5.97. The highest BCUT2D eigenvalue weighted by molar-refractivity contribution is 5.86. The molecule has 0 unspecified atom stereocenters. The van der Waals surface area contributed by atoms with Crippen molar-refractivity contribution in [3.63, 3.8) is 0 Å². The Hall–Kier alpha value is -1.48. The Balaban J connectivity index is 2.48. The average Bonchev–Trinajstić information content (AvgIpc) is 2.53. The van der Waals surface area contributed by atoms with Gasteiger partial charge in [0.05, 0.1) is 12.1 Å². The number of nitrogens with zero attached hydrogens (tertiary/aromatic N) is 1. The summed E-state index contributed by atoms with van der Waals surface area (Å²) in [5.74, 6) is 0. The third kappa shape index (κ3) is 1.83. The Morgan fingerprint density at radius 2 is 2.20 bits per heavy atom. The van der Waals surface area contributed by atoms with E-state index in [-0.39, 0.29) is 0 Å². The molecule has 0 bridgehead atoms. The van der Waals surface area contributed by atoms with Crippen molar-refractivity contribution >= 4 is 16.6 Å². The van der Waals surface area contributed by atoms with Crippen LogP contribution >= 0.6 is 0 Å². The number of anilines is 1. The smallest absolute Gasteiger partial charge is 0.0737 e. The Labute approximate surface area is 89.4 Å². The van der Waals surface area contributed by atoms with Crippen LogP contribution in [0.25, 0.3) is 10.9 Å². The van der Waals surface area contributed by atoms with Crippen LogP contribution in [0.15, 0.2) is 24.4 Å². The van der Waals surface area contributed by atoms with Crippen molar-refractivity contribution in [2.24, 2.45) is 7.05 Å². The average molecular weight is 204 g/mol. The number of rotatable bonds is 3. The van der Waals surface area contributed by atoms with Crippen LogP contribution in [0.4, 0.5) is 5.69 Å². The molecule has 2 rings (SSSR count). The Bertz CT molecular complexity index is 474. The van der Waals surface area contributed by atoms with Crippen LogP contribution in [0.3, 0.4) is 0 Å². The van der Waals surface area contributed by atoms with E-state index in [1.807, 2.05) is 26.1 Å². The zero-order valence-corrected chi connectivity index (χ0v) is 9.16. The van der Waals surface area contributed by atoms with E-state index in [1.54, 1.807) is 0 Å². The number of nitrogens with two attached hydrogens (primary N) is 1. The van der Waals surface area contributed by atoms with E-state index in [1.165, 1.54) is 10.9 Å². The summed E-state index contributed by atoms with van der Waals surface area (Å²) in [6.45, 7) is 3.41. The van der Waals surface area contributed by atoms with Gasteiger partial charge < -0.3 is 15.0 Å². The molecular weight excluding hydrogens is 188 g/mol. The van der Waals surface area contributed by atoms with Crippen molar-refractivity contribution in [1.29, 1.82) is 0 Å². The lowest BCUT2D eigenvalue weighted by Gasteiger charge is -1.99. The van der Waals surface area contributed by atoms with Gasteiger partial charge in [0.1, 0.15) is 0 Å². The van der Waals surface area contributed by atoms with Gasteiger partial charge in [0.2, 0.25) is 0 Å². The molecule has 0 atom stereocenters. The summed E-state index contributed by atoms with van der Waals surface area (Å²) in [5.41, 5.74) is 8.93. The fourth-order valence-electron chi connectivity index (χ4n) is 1.81. The molecule has 1 aromatic carbocycles. The zero-order chi connectivity index (χ0) is 10.8. The molecule has 3 nitrogen and oxygen atoms in total. The minimum atomic E-state index is 0.664. The lowest BCUT2D eigenvalue weighted by molar-refractivity contribution is 0.135. The number of hydrogen-bond donors (Lipinski definition) is 1. The molecule has 0 aliphatic carbocycles. The maximum absolute atomic E-state index is 5.76. The molecule has 80 valence electrons. The molecule has 0 aliphatic rings. The largest absolute Gasteiger partial charge is 0.399 e. The quantitative estimate of drug-likeness (QED) is 0.779. The van der Waals surface area contributed by atoms with Crippen molar-refractivity contribution in [2.75, 3.05) is 12.3 Å². The number of nitrogen functional groups attached to an aromatic ring is 1. The first-order chi connectivity index (χ1) is 7.22. The van der Waals surface area contributed by atoms with Gasteiger partial charge in [0, 0.05) is 36.5 Å². The summed E-state index contributed by atoms with van der Waals surface area (Å²) >= 11 is 0. The zero-order valence-electron chi connectivity index (χ0n) is 9.16. The fraction of sp³-hybridized carbons (Fsp3) is 0.333. The van der Waals surface area contributed by atoms with Gasteiger partial charge in [0.15, 0.2) is 0 Å². The number of aryl methyl sites for hydroxylation is 1. The monoisotopic (exact) mass is 204 g/mol. The first-order valence-corrected chi connectivity index (χ1v) is 5.13. The van der Waals surface area contributed by atoms with Crippen molar-refractivity contribution in [3.05, 3.63) is 30.0 Å². The molecule has 0 saturated carbocycles. The van der Waals surface area contributed by atoms with Crippen LogP contribution in [0.1, 0.15) is 12.5 Å². The van der Waals surface area contributed by atoms with Gasteiger partial charge in [-0.25, -0.2) is 0 Å². The van der Waals surface area contributed by atoms with Crippen molar-refractivity contribution in [2.45, 2.75) is 13.5 Å². The Morgan fingerprint density at radius 3 is 2.93 bits per heavy atom. The molecule has 0 aliphatic heterocycles. The van der Waals surface area contributed by atoms with Crippen LogP contribution in [0.5, 0.6) is 0 Å². The normalized spacial score (nSPS) is 11.1. The third-order valence-corrected chi connectivity index (χ3v) is 2.56. The predicted octanol–water partition coefficient (Wildman–Crippen LogP) is 2.30. The van der Waals surface area contributed by atoms with Gasteiger partial charge in [0.25, 0.3) is 0 Å². The summed E-state index contributed by atoms with van der Waals surface area (Å²) in [7, 11) is 2.03. The second-order valence-electron chi connectivity index (χ2n) is 3.68. The highest BCUT2D eigenvalue weighted by Gasteiger charge is 2.06. The van der Waals surface area contributed by atoms with Crippen LogP contribution in [0.2, 0.25) is 0 Å². The SMILES string of the molecule is CCOCc1cn(C)c2cc(N)ccc12. The number of aromatic nitrogens is 1.